The van der Waals surface area contributed by atoms with E-state index in [1.165, 1.54) is 30.9 Å². The number of aliphatic hydroxyl groups is 1. The molecule has 1 aliphatic heterocycles. The van der Waals surface area contributed by atoms with Crippen molar-refractivity contribution in [3.05, 3.63) is 29.3 Å². The summed E-state index contributed by atoms with van der Waals surface area (Å²) in [7, 11) is 0. The molecule has 1 fully saturated rings. The summed E-state index contributed by atoms with van der Waals surface area (Å²) in [6, 6.07) is 4.90. The van der Waals surface area contributed by atoms with Crippen LogP contribution in [-0.2, 0) is 11.0 Å². The van der Waals surface area contributed by atoms with Crippen molar-refractivity contribution in [1.82, 2.24) is 4.90 Å². The molecule has 128 valence electrons. The molecule has 0 atom stereocenters. The lowest BCUT2D eigenvalue weighted by Crippen LogP contribution is -2.45. The molecule has 0 spiro atoms. The summed E-state index contributed by atoms with van der Waals surface area (Å²) >= 11 is 5.17. The summed E-state index contributed by atoms with van der Waals surface area (Å²) in [4.78, 5) is 14.8. The molecule has 1 aliphatic rings. The molecule has 24 heavy (non-hydrogen) atoms. The van der Waals surface area contributed by atoms with Crippen molar-refractivity contribution >= 4 is 28.9 Å². The van der Waals surface area contributed by atoms with Gasteiger partial charge in [-0.1, -0.05) is 6.07 Å². The van der Waals surface area contributed by atoms with E-state index in [2.05, 4.69) is 0 Å². The summed E-state index contributed by atoms with van der Waals surface area (Å²) in [5.74, 6) is -0.651. The van der Waals surface area contributed by atoms with Gasteiger partial charge in [0.05, 0.1) is 29.5 Å². The van der Waals surface area contributed by atoms with Gasteiger partial charge in [0.2, 0.25) is 0 Å². The van der Waals surface area contributed by atoms with E-state index in [-0.39, 0.29) is 18.3 Å². The first-order valence-corrected chi connectivity index (χ1v) is 7.35. The zero-order valence-electron chi connectivity index (χ0n) is 12.9. The third-order valence-electron chi connectivity index (χ3n) is 3.83. The molecule has 1 heterocycles. The van der Waals surface area contributed by atoms with E-state index in [1.54, 1.807) is 0 Å². The molecule has 1 saturated heterocycles. The zero-order valence-corrected chi connectivity index (χ0v) is 13.7. The summed E-state index contributed by atoms with van der Waals surface area (Å²) in [6.45, 7) is 2.72. The highest BCUT2D eigenvalue weighted by Gasteiger charge is 2.51. The van der Waals surface area contributed by atoms with Gasteiger partial charge in [-0.05, 0) is 38.2 Å². The zero-order chi connectivity index (χ0) is 18.3. The number of aliphatic hydroxyl groups excluding tert-OH is 1. The second-order valence-corrected chi connectivity index (χ2v) is 6.03. The molecule has 0 saturated carbocycles. The molecule has 0 radical (unpaired) electrons. The number of rotatable bonds is 3. The van der Waals surface area contributed by atoms with E-state index in [4.69, 9.17) is 22.6 Å². The Morgan fingerprint density at radius 3 is 2.50 bits per heavy atom. The van der Waals surface area contributed by atoms with E-state index < -0.39 is 34.4 Å². The Bertz CT molecular complexity index is 740. The summed E-state index contributed by atoms with van der Waals surface area (Å²) in [6.07, 6.45) is -4.83. The number of benzene rings is 1. The molecule has 0 aromatic heterocycles. The third kappa shape index (κ3) is 2.72. The second-order valence-electron chi connectivity index (χ2n) is 5.67. The average molecular weight is 357 g/mol. The predicted molar refractivity (Wildman–Crippen MR) is 84.1 cm³/mol. The Labute approximate surface area is 141 Å². The second kappa shape index (κ2) is 6.03. The first-order valence-electron chi connectivity index (χ1n) is 6.94. The van der Waals surface area contributed by atoms with Gasteiger partial charge in [-0.2, -0.15) is 18.4 Å². The van der Waals surface area contributed by atoms with Crippen molar-refractivity contribution in [2.24, 2.45) is 0 Å². The van der Waals surface area contributed by atoms with Gasteiger partial charge in [0.15, 0.2) is 5.11 Å². The Morgan fingerprint density at radius 2 is 2.00 bits per heavy atom. The molecular formula is C15H14F3N3O2S. The van der Waals surface area contributed by atoms with Crippen molar-refractivity contribution in [2.75, 3.05) is 18.1 Å². The van der Waals surface area contributed by atoms with Gasteiger partial charge in [-0.15, -0.1) is 0 Å². The van der Waals surface area contributed by atoms with Crippen molar-refractivity contribution in [1.29, 1.82) is 5.26 Å². The van der Waals surface area contributed by atoms with Crippen LogP contribution in [0.3, 0.4) is 0 Å². The number of hydrogen-bond donors (Lipinski definition) is 1. The summed E-state index contributed by atoms with van der Waals surface area (Å²) in [5.41, 5.74) is -3.48. The highest BCUT2D eigenvalue weighted by molar-refractivity contribution is 7.80. The van der Waals surface area contributed by atoms with E-state index in [0.717, 1.165) is 17.0 Å². The molecule has 1 amide bonds. The average Bonchev–Trinajstić information content (AvgIpc) is 2.66. The summed E-state index contributed by atoms with van der Waals surface area (Å²) in [5, 5.41) is 18.0. The third-order valence-corrected chi connectivity index (χ3v) is 4.24. The lowest BCUT2D eigenvalue weighted by atomic mass is 10.0. The van der Waals surface area contributed by atoms with Crippen LogP contribution in [0.2, 0.25) is 0 Å². The minimum atomic E-state index is -4.83. The number of hydrogen-bond acceptors (Lipinski definition) is 4. The SMILES string of the molecule is CC1(C)C(=O)N(c2cccc(C#N)c2C(F)(F)F)C(=S)N1CCO. The molecule has 9 heteroatoms. The molecular weight excluding hydrogens is 343 g/mol. The minimum absolute atomic E-state index is 0.00731. The maximum atomic E-state index is 13.5. The van der Waals surface area contributed by atoms with Crippen LogP contribution < -0.4 is 4.90 Å². The number of thiocarbonyl (C=S) groups is 1. The van der Waals surface area contributed by atoms with Gasteiger partial charge in [0, 0.05) is 6.54 Å². The Balaban J connectivity index is 2.68. The van der Waals surface area contributed by atoms with Crippen LogP contribution >= 0.6 is 12.2 Å². The van der Waals surface area contributed by atoms with E-state index in [9.17, 15) is 18.0 Å². The molecule has 1 aromatic rings. The van der Waals surface area contributed by atoms with Crippen LogP contribution in [0.5, 0.6) is 0 Å². The van der Waals surface area contributed by atoms with Crippen molar-refractivity contribution in [2.45, 2.75) is 25.6 Å². The van der Waals surface area contributed by atoms with Crippen LogP contribution in [-0.4, -0.2) is 39.7 Å². The number of anilines is 1. The smallest absolute Gasteiger partial charge is 0.395 e. The number of nitriles is 1. The number of β-amino-alcohol motifs (C(OH)–C–C–N with tert-alkyl or cyclic N) is 1. The van der Waals surface area contributed by atoms with Crippen molar-refractivity contribution in [3.63, 3.8) is 0 Å². The monoisotopic (exact) mass is 357 g/mol. The van der Waals surface area contributed by atoms with Crippen LogP contribution in [0.1, 0.15) is 25.0 Å². The fourth-order valence-corrected chi connectivity index (χ4v) is 3.14. The first kappa shape index (κ1) is 18.2. The number of alkyl halides is 3. The van der Waals surface area contributed by atoms with Crippen molar-refractivity contribution < 1.29 is 23.1 Å². The van der Waals surface area contributed by atoms with Crippen LogP contribution in [0.15, 0.2) is 18.2 Å². The van der Waals surface area contributed by atoms with Gasteiger partial charge in [-0.3, -0.25) is 9.69 Å². The van der Waals surface area contributed by atoms with E-state index >= 15 is 0 Å². The molecule has 2 rings (SSSR count). The highest BCUT2D eigenvalue weighted by Crippen LogP contribution is 2.42. The molecule has 0 bridgehead atoms. The first-order chi connectivity index (χ1) is 11.1. The largest absolute Gasteiger partial charge is 0.419 e. The maximum Gasteiger partial charge on any atom is 0.419 e. The van der Waals surface area contributed by atoms with Crippen molar-refractivity contribution in [3.8, 4) is 6.07 Å². The van der Waals surface area contributed by atoms with E-state index in [0.29, 0.717) is 0 Å². The molecule has 1 aromatic carbocycles. The molecule has 5 nitrogen and oxygen atoms in total. The number of halogens is 3. The molecule has 0 aliphatic carbocycles. The van der Waals surface area contributed by atoms with Crippen LogP contribution in [0.25, 0.3) is 0 Å². The Hall–Kier alpha value is -2.18. The van der Waals surface area contributed by atoms with Crippen LogP contribution in [0.4, 0.5) is 18.9 Å². The fraction of sp³-hybridized carbons (Fsp3) is 0.400. The van der Waals surface area contributed by atoms with Gasteiger partial charge in [0.25, 0.3) is 5.91 Å². The highest BCUT2D eigenvalue weighted by atomic mass is 32.1. The Morgan fingerprint density at radius 1 is 1.38 bits per heavy atom. The quantitative estimate of drug-likeness (QED) is 0.841. The van der Waals surface area contributed by atoms with Gasteiger partial charge in [0.1, 0.15) is 5.54 Å². The lowest BCUT2D eigenvalue weighted by molar-refractivity contribution is -0.137. The number of carbonyl (C=O) groups excluding carboxylic acids is 1. The van der Waals surface area contributed by atoms with Crippen LogP contribution in [0, 0.1) is 11.3 Å². The normalized spacial score (nSPS) is 17.4. The minimum Gasteiger partial charge on any atom is -0.395 e. The molecule has 1 N–H and O–H groups in total. The summed E-state index contributed by atoms with van der Waals surface area (Å²) < 4.78 is 40.4. The fourth-order valence-electron chi connectivity index (χ4n) is 2.64. The number of amides is 1. The Kier molecular flexibility index (Phi) is 4.57. The lowest BCUT2D eigenvalue weighted by Gasteiger charge is -2.28. The van der Waals surface area contributed by atoms with Gasteiger partial charge >= 0.3 is 6.18 Å². The molecule has 0 unspecified atom stereocenters. The van der Waals surface area contributed by atoms with Gasteiger partial charge < -0.3 is 10.0 Å². The number of nitrogens with zero attached hydrogens (tertiary/aromatic N) is 3. The van der Waals surface area contributed by atoms with E-state index in [1.807, 2.05) is 0 Å². The predicted octanol–water partition coefficient (Wildman–Crippen LogP) is 2.28. The maximum absolute atomic E-state index is 13.5. The topological polar surface area (TPSA) is 67.6 Å². The number of carbonyl (C=O) groups is 1. The van der Waals surface area contributed by atoms with Gasteiger partial charge in [-0.25, -0.2) is 0 Å². The standard InChI is InChI=1S/C15H14F3N3O2S/c1-14(2)12(23)21(13(24)20(14)6-7-22)10-5-3-4-9(8-19)11(10)15(16,17)18/h3-5,22H,6-7H2,1-2H3.